The van der Waals surface area contributed by atoms with Gasteiger partial charge in [-0.25, -0.2) is 0 Å². The summed E-state index contributed by atoms with van der Waals surface area (Å²) in [5.41, 5.74) is 1.67. The number of nitrogens with zero attached hydrogens (tertiary/aromatic N) is 1. The van der Waals surface area contributed by atoms with Gasteiger partial charge in [-0.1, -0.05) is 44.4 Å². The standard InChI is InChI=1S/C18H21NO/c1-2-13-7-3-4-10-15(13)18(20)16-11-5-8-14-9-6-12-19-17(14)16/h5-6,8-9,11-13,15H,2-4,7,10H2,1H3. The Bertz CT molecular complexity index is 614. The molecule has 1 aliphatic rings. The molecule has 0 radical (unpaired) electrons. The third-order valence-electron chi connectivity index (χ3n) is 4.67. The van der Waals surface area contributed by atoms with E-state index in [2.05, 4.69) is 11.9 Å². The van der Waals surface area contributed by atoms with Gasteiger partial charge in [0.15, 0.2) is 5.78 Å². The summed E-state index contributed by atoms with van der Waals surface area (Å²) in [5.74, 6) is 1.05. The van der Waals surface area contributed by atoms with E-state index in [-0.39, 0.29) is 5.92 Å². The summed E-state index contributed by atoms with van der Waals surface area (Å²) in [5, 5.41) is 1.06. The molecular weight excluding hydrogens is 246 g/mol. The van der Waals surface area contributed by atoms with Crippen molar-refractivity contribution in [3.8, 4) is 0 Å². The number of benzene rings is 1. The fourth-order valence-electron chi connectivity index (χ4n) is 3.54. The van der Waals surface area contributed by atoms with Crippen molar-refractivity contribution in [2.75, 3.05) is 0 Å². The lowest BCUT2D eigenvalue weighted by Crippen LogP contribution is -2.27. The van der Waals surface area contributed by atoms with Crippen molar-refractivity contribution in [1.82, 2.24) is 4.98 Å². The molecule has 20 heavy (non-hydrogen) atoms. The Morgan fingerprint density at radius 1 is 1.20 bits per heavy atom. The molecule has 0 saturated heterocycles. The zero-order valence-electron chi connectivity index (χ0n) is 12.0. The molecule has 2 unspecified atom stereocenters. The third-order valence-corrected chi connectivity index (χ3v) is 4.67. The fourth-order valence-corrected chi connectivity index (χ4v) is 3.54. The van der Waals surface area contributed by atoms with Crippen molar-refractivity contribution in [3.05, 3.63) is 42.1 Å². The highest BCUT2D eigenvalue weighted by molar-refractivity contribution is 6.07. The van der Waals surface area contributed by atoms with Crippen molar-refractivity contribution >= 4 is 16.7 Å². The number of hydrogen-bond donors (Lipinski definition) is 0. The van der Waals surface area contributed by atoms with E-state index in [0.29, 0.717) is 11.7 Å². The fraction of sp³-hybridized carbons (Fsp3) is 0.444. The molecule has 2 heteroatoms. The van der Waals surface area contributed by atoms with Crippen LogP contribution in [-0.4, -0.2) is 10.8 Å². The number of aromatic nitrogens is 1. The van der Waals surface area contributed by atoms with Crippen LogP contribution in [0.25, 0.3) is 10.9 Å². The number of para-hydroxylation sites is 1. The molecule has 0 N–H and O–H groups in total. The van der Waals surface area contributed by atoms with Crippen LogP contribution < -0.4 is 0 Å². The van der Waals surface area contributed by atoms with Crippen LogP contribution >= 0.6 is 0 Å². The highest BCUT2D eigenvalue weighted by Gasteiger charge is 2.31. The summed E-state index contributed by atoms with van der Waals surface area (Å²) in [7, 11) is 0. The first kappa shape index (κ1) is 13.3. The third kappa shape index (κ3) is 2.35. The van der Waals surface area contributed by atoms with Crippen LogP contribution in [-0.2, 0) is 0 Å². The first-order valence-electron chi connectivity index (χ1n) is 7.69. The van der Waals surface area contributed by atoms with Crippen LogP contribution in [0.4, 0.5) is 0 Å². The van der Waals surface area contributed by atoms with E-state index in [1.807, 2.05) is 30.3 Å². The van der Waals surface area contributed by atoms with E-state index >= 15 is 0 Å². The van der Waals surface area contributed by atoms with Gasteiger partial charge in [0.2, 0.25) is 0 Å². The zero-order valence-corrected chi connectivity index (χ0v) is 12.0. The average Bonchev–Trinajstić information content (AvgIpc) is 2.53. The number of fused-ring (bicyclic) bond motifs is 1. The maximum absolute atomic E-state index is 12.9. The van der Waals surface area contributed by atoms with Crippen LogP contribution in [0.2, 0.25) is 0 Å². The molecule has 2 aromatic rings. The van der Waals surface area contributed by atoms with Crippen molar-refractivity contribution in [3.63, 3.8) is 0 Å². The Balaban J connectivity index is 1.99. The minimum atomic E-state index is 0.196. The van der Waals surface area contributed by atoms with Crippen molar-refractivity contribution < 1.29 is 4.79 Å². The molecule has 1 saturated carbocycles. The van der Waals surface area contributed by atoms with Gasteiger partial charge >= 0.3 is 0 Å². The monoisotopic (exact) mass is 267 g/mol. The van der Waals surface area contributed by atoms with E-state index in [1.165, 1.54) is 19.3 Å². The average molecular weight is 267 g/mol. The summed E-state index contributed by atoms with van der Waals surface area (Å²) in [4.78, 5) is 17.4. The number of carbonyl (C=O) groups excluding carboxylic acids is 1. The second-order valence-electron chi connectivity index (χ2n) is 5.80. The van der Waals surface area contributed by atoms with E-state index < -0.39 is 0 Å². The number of carbonyl (C=O) groups is 1. The minimum Gasteiger partial charge on any atom is -0.294 e. The van der Waals surface area contributed by atoms with Crippen LogP contribution in [0.1, 0.15) is 49.4 Å². The lowest BCUT2D eigenvalue weighted by Gasteiger charge is -2.29. The number of rotatable bonds is 3. The lowest BCUT2D eigenvalue weighted by atomic mass is 9.74. The van der Waals surface area contributed by atoms with E-state index in [1.54, 1.807) is 6.20 Å². The normalized spacial score (nSPS) is 22.9. The molecular formula is C18H21NO. The Labute approximate surface area is 120 Å². The highest BCUT2D eigenvalue weighted by Crippen LogP contribution is 2.35. The van der Waals surface area contributed by atoms with Gasteiger partial charge < -0.3 is 0 Å². The smallest absolute Gasteiger partial charge is 0.168 e. The summed E-state index contributed by atoms with van der Waals surface area (Å²) < 4.78 is 0. The van der Waals surface area contributed by atoms with Gasteiger partial charge in [0.25, 0.3) is 0 Å². The van der Waals surface area contributed by atoms with E-state index in [0.717, 1.165) is 29.3 Å². The highest BCUT2D eigenvalue weighted by atomic mass is 16.1. The van der Waals surface area contributed by atoms with Crippen LogP contribution in [0.3, 0.4) is 0 Å². The number of ketones is 1. The first-order chi connectivity index (χ1) is 9.81. The lowest BCUT2D eigenvalue weighted by molar-refractivity contribution is 0.0822. The second kappa shape index (κ2) is 5.74. The first-order valence-corrected chi connectivity index (χ1v) is 7.69. The summed E-state index contributed by atoms with van der Waals surface area (Å²) in [6.07, 6.45) is 7.58. The minimum absolute atomic E-state index is 0.196. The van der Waals surface area contributed by atoms with Gasteiger partial charge in [-0.2, -0.15) is 0 Å². The predicted molar refractivity (Wildman–Crippen MR) is 81.8 cm³/mol. The molecule has 0 spiro atoms. The van der Waals surface area contributed by atoms with Crippen LogP contribution in [0, 0.1) is 11.8 Å². The Kier molecular flexibility index (Phi) is 3.81. The van der Waals surface area contributed by atoms with E-state index in [9.17, 15) is 4.79 Å². The Morgan fingerprint density at radius 3 is 2.85 bits per heavy atom. The molecule has 104 valence electrons. The predicted octanol–water partition coefficient (Wildman–Crippen LogP) is 4.63. The summed E-state index contributed by atoms with van der Waals surface area (Å²) >= 11 is 0. The van der Waals surface area contributed by atoms with Gasteiger partial charge in [-0.15, -0.1) is 0 Å². The molecule has 0 aliphatic heterocycles. The Hall–Kier alpha value is -1.70. The van der Waals surface area contributed by atoms with Gasteiger partial charge in [0.1, 0.15) is 0 Å². The molecule has 2 nitrogen and oxygen atoms in total. The molecule has 0 bridgehead atoms. The SMILES string of the molecule is CCC1CCCCC1C(=O)c1cccc2cccnc12. The van der Waals surface area contributed by atoms with Gasteiger partial charge in [-0.3, -0.25) is 9.78 Å². The molecule has 1 aromatic heterocycles. The molecule has 1 aliphatic carbocycles. The molecule has 2 atom stereocenters. The largest absolute Gasteiger partial charge is 0.294 e. The molecule has 1 fully saturated rings. The van der Waals surface area contributed by atoms with Crippen LogP contribution in [0.5, 0.6) is 0 Å². The van der Waals surface area contributed by atoms with E-state index in [4.69, 9.17) is 0 Å². The maximum Gasteiger partial charge on any atom is 0.168 e. The number of hydrogen-bond acceptors (Lipinski definition) is 2. The molecule has 0 amide bonds. The second-order valence-corrected chi connectivity index (χ2v) is 5.80. The summed E-state index contributed by atoms with van der Waals surface area (Å²) in [6.45, 7) is 2.21. The molecule has 1 heterocycles. The van der Waals surface area contributed by atoms with Crippen molar-refractivity contribution in [2.45, 2.75) is 39.0 Å². The van der Waals surface area contributed by atoms with Gasteiger partial charge in [0, 0.05) is 23.1 Å². The molecule has 1 aromatic carbocycles. The number of pyridine rings is 1. The number of Topliss-reactive ketones (excluding diaryl/α,β-unsaturated/α-hetero) is 1. The maximum atomic E-state index is 12.9. The van der Waals surface area contributed by atoms with Gasteiger partial charge in [0.05, 0.1) is 5.52 Å². The molecule has 3 rings (SSSR count). The van der Waals surface area contributed by atoms with Crippen molar-refractivity contribution in [1.29, 1.82) is 0 Å². The van der Waals surface area contributed by atoms with Crippen molar-refractivity contribution in [2.24, 2.45) is 11.8 Å². The topological polar surface area (TPSA) is 30.0 Å². The zero-order chi connectivity index (χ0) is 13.9. The van der Waals surface area contributed by atoms with Crippen LogP contribution in [0.15, 0.2) is 36.5 Å². The van der Waals surface area contributed by atoms with Gasteiger partial charge in [-0.05, 0) is 30.9 Å². The Morgan fingerprint density at radius 2 is 2.00 bits per heavy atom. The quantitative estimate of drug-likeness (QED) is 0.759. The summed E-state index contributed by atoms with van der Waals surface area (Å²) in [6, 6.07) is 9.89.